The van der Waals surface area contributed by atoms with E-state index in [9.17, 15) is 9.59 Å². The summed E-state index contributed by atoms with van der Waals surface area (Å²) in [6.07, 6.45) is 0. The van der Waals surface area contributed by atoms with Crippen molar-refractivity contribution in [1.29, 1.82) is 0 Å². The molecule has 2 aromatic rings. The Kier molecular flexibility index (Phi) is 4.03. The minimum atomic E-state index is -0.134. The van der Waals surface area contributed by atoms with E-state index < -0.39 is 0 Å². The van der Waals surface area contributed by atoms with E-state index in [1.54, 1.807) is 17.0 Å². The third kappa shape index (κ3) is 2.79. The summed E-state index contributed by atoms with van der Waals surface area (Å²) < 4.78 is 0. The molecule has 0 spiro atoms. The number of aromatic amines is 1. The van der Waals surface area contributed by atoms with Crippen molar-refractivity contribution in [3.63, 3.8) is 0 Å². The number of nitrogens with zero attached hydrogens (tertiary/aromatic N) is 1. The zero-order valence-corrected chi connectivity index (χ0v) is 11.9. The molecule has 1 aromatic heterocycles. The first-order valence-electron chi connectivity index (χ1n) is 6.61. The van der Waals surface area contributed by atoms with Crippen LogP contribution in [0.15, 0.2) is 36.4 Å². The van der Waals surface area contributed by atoms with Crippen molar-refractivity contribution in [2.24, 2.45) is 0 Å². The summed E-state index contributed by atoms with van der Waals surface area (Å²) >= 11 is 0. The average Bonchev–Trinajstić information content (AvgIpc) is 2.89. The SMILES string of the molecule is CCN(C(=O)c1ccc(C(C)=O)[nH]1)c1cccc(C)c1. The van der Waals surface area contributed by atoms with Gasteiger partial charge in [0.15, 0.2) is 5.78 Å². The molecule has 0 aliphatic rings. The number of benzene rings is 1. The first-order valence-corrected chi connectivity index (χ1v) is 6.61. The Balaban J connectivity index is 2.31. The molecular weight excluding hydrogens is 252 g/mol. The predicted molar refractivity (Wildman–Crippen MR) is 79.3 cm³/mol. The van der Waals surface area contributed by atoms with Crippen LogP contribution in [0.1, 0.15) is 40.4 Å². The van der Waals surface area contributed by atoms with Crippen LogP contribution in [0.25, 0.3) is 0 Å². The summed E-state index contributed by atoms with van der Waals surface area (Å²) in [4.78, 5) is 28.3. The number of carbonyl (C=O) groups excluding carboxylic acids is 2. The monoisotopic (exact) mass is 270 g/mol. The molecule has 20 heavy (non-hydrogen) atoms. The molecule has 4 heteroatoms. The second-order valence-corrected chi connectivity index (χ2v) is 4.73. The molecule has 4 nitrogen and oxygen atoms in total. The van der Waals surface area contributed by atoms with E-state index in [-0.39, 0.29) is 11.7 Å². The van der Waals surface area contributed by atoms with Gasteiger partial charge in [0.2, 0.25) is 0 Å². The van der Waals surface area contributed by atoms with Gasteiger partial charge < -0.3 is 9.88 Å². The molecule has 0 aliphatic carbocycles. The van der Waals surface area contributed by atoms with E-state index in [0.717, 1.165) is 11.3 Å². The number of H-pyrrole nitrogens is 1. The van der Waals surface area contributed by atoms with Crippen molar-refractivity contribution in [2.75, 3.05) is 11.4 Å². The highest BCUT2D eigenvalue weighted by Gasteiger charge is 2.18. The molecule has 1 heterocycles. The molecule has 0 unspecified atom stereocenters. The molecule has 1 amide bonds. The summed E-state index contributed by atoms with van der Waals surface area (Å²) in [5.74, 6) is -0.215. The Morgan fingerprint density at radius 3 is 2.40 bits per heavy atom. The second-order valence-electron chi connectivity index (χ2n) is 4.73. The van der Waals surface area contributed by atoms with Crippen molar-refractivity contribution in [1.82, 2.24) is 4.98 Å². The van der Waals surface area contributed by atoms with Gasteiger partial charge in [0.1, 0.15) is 5.69 Å². The standard InChI is InChI=1S/C16H18N2O2/c1-4-18(13-7-5-6-11(2)10-13)16(20)15-9-8-14(17-15)12(3)19/h5-10,17H,4H2,1-3H3. The minimum Gasteiger partial charge on any atom is -0.348 e. The topological polar surface area (TPSA) is 53.2 Å². The van der Waals surface area contributed by atoms with Gasteiger partial charge in [0, 0.05) is 19.2 Å². The number of hydrogen-bond acceptors (Lipinski definition) is 2. The van der Waals surface area contributed by atoms with Crippen LogP contribution >= 0.6 is 0 Å². The van der Waals surface area contributed by atoms with Gasteiger partial charge in [-0.15, -0.1) is 0 Å². The van der Waals surface area contributed by atoms with Gasteiger partial charge in [-0.3, -0.25) is 9.59 Å². The van der Waals surface area contributed by atoms with E-state index in [2.05, 4.69) is 4.98 Å². The van der Waals surface area contributed by atoms with E-state index in [1.807, 2.05) is 38.1 Å². The third-order valence-electron chi connectivity index (χ3n) is 3.17. The molecule has 0 saturated carbocycles. The van der Waals surface area contributed by atoms with E-state index in [1.165, 1.54) is 6.92 Å². The summed E-state index contributed by atoms with van der Waals surface area (Å²) in [7, 11) is 0. The smallest absolute Gasteiger partial charge is 0.274 e. The number of anilines is 1. The molecule has 1 aromatic carbocycles. The Labute approximate surface area is 118 Å². The van der Waals surface area contributed by atoms with E-state index in [4.69, 9.17) is 0 Å². The number of ketones is 1. The van der Waals surface area contributed by atoms with Crippen LogP contribution in [-0.2, 0) is 0 Å². The summed E-state index contributed by atoms with van der Waals surface area (Å²) in [5, 5.41) is 0. The minimum absolute atomic E-state index is 0.0809. The number of rotatable bonds is 4. The van der Waals surface area contributed by atoms with Crippen molar-refractivity contribution >= 4 is 17.4 Å². The maximum absolute atomic E-state index is 12.5. The van der Waals surface area contributed by atoms with Gasteiger partial charge in [-0.05, 0) is 43.7 Å². The first-order chi connectivity index (χ1) is 9.52. The fourth-order valence-corrected chi connectivity index (χ4v) is 2.11. The van der Waals surface area contributed by atoms with Crippen LogP contribution in [0.3, 0.4) is 0 Å². The lowest BCUT2D eigenvalue weighted by Gasteiger charge is -2.20. The number of nitrogens with one attached hydrogen (secondary N) is 1. The number of aryl methyl sites for hydroxylation is 1. The highest BCUT2D eigenvalue weighted by Crippen LogP contribution is 2.18. The molecule has 104 valence electrons. The van der Waals surface area contributed by atoms with Crippen molar-refractivity contribution in [3.05, 3.63) is 53.3 Å². The number of Topliss-reactive ketones (excluding diaryl/α,β-unsaturated/α-hetero) is 1. The summed E-state index contributed by atoms with van der Waals surface area (Å²) in [5.41, 5.74) is 2.84. The van der Waals surface area contributed by atoms with Gasteiger partial charge in [-0.25, -0.2) is 0 Å². The van der Waals surface area contributed by atoms with Gasteiger partial charge in [-0.1, -0.05) is 12.1 Å². The van der Waals surface area contributed by atoms with E-state index in [0.29, 0.717) is 17.9 Å². The Morgan fingerprint density at radius 2 is 1.85 bits per heavy atom. The predicted octanol–water partition coefficient (Wildman–Crippen LogP) is 3.19. The molecule has 0 bridgehead atoms. The Hall–Kier alpha value is -2.36. The largest absolute Gasteiger partial charge is 0.348 e. The van der Waals surface area contributed by atoms with E-state index >= 15 is 0 Å². The maximum Gasteiger partial charge on any atom is 0.274 e. The average molecular weight is 270 g/mol. The highest BCUT2D eigenvalue weighted by molar-refractivity contribution is 6.06. The van der Waals surface area contributed by atoms with Crippen LogP contribution in [0.5, 0.6) is 0 Å². The molecule has 0 saturated heterocycles. The second kappa shape index (κ2) is 5.74. The lowest BCUT2D eigenvalue weighted by molar-refractivity contribution is 0.0984. The highest BCUT2D eigenvalue weighted by atomic mass is 16.2. The summed E-state index contributed by atoms with van der Waals surface area (Å²) in [6, 6.07) is 11.1. The van der Waals surface area contributed by atoms with Crippen LogP contribution in [0.4, 0.5) is 5.69 Å². The molecular formula is C16H18N2O2. The Bertz CT molecular complexity index is 643. The van der Waals surface area contributed by atoms with Crippen LogP contribution in [-0.4, -0.2) is 23.2 Å². The molecule has 2 rings (SSSR count). The van der Waals surface area contributed by atoms with Gasteiger partial charge in [-0.2, -0.15) is 0 Å². The lowest BCUT2D eigenvalue weighted by atomic mass is 10.2. The zero-order chi connectivity index (χ0) is 14.7. The number of hydrogen-bond donors (Lipinski definition) is 1. The van der Waals surface area contributed by atoms with Crippen molar-refractivity contribution < 1.29 is 9.59 Å². The van der Waals surface area contributed by atoms with Crippen LogP contribution in [0, 0.1) is 6.92 Å². The quantitative estimate of drug-likeness (QED) is 0.867. The fourth-order valence-electron chi connectivity index (χ4n) is 2.11. The number of aromatic nitrogens is 1. The zero-order valence-electron chi connectivity index (χ0n) is 11.9. The number of amides is 1. The molecule has 0 atom stereocenters. The van der Waals surface area contributed by atoms with Gasteiger partial charge in [0.05, 0.1) is 5.69 Å². The van der Waals surface area contributed by atoms with Gasteiger partial charge in [0.25, 0.3) is 5.91 Å². The van der Waals surface area contributed by atoms with Crippen molar-refractivity contribution in [2.45, 2.75) is 20.8 Å². The van der Waals surface area contributed by atoms with Crippen LogP contribution in [0.2, 0.25) is 0 Å². The third-order valence-corrected chi connectivity index (χ3v) is 3.17. The Morgan fingerprint density at radius 1 is 1.15 bits per heavy atom. The molecule has 0 aliphatic heterocycles. The molecule has 0 radical (unpaired) electrons. The molecule has 0 fully saturated rings. The van der Waals surface area contributed by atoms with Crippen LogP contribution < -0.4 is 4.90 Å². The fraction of sp³-hybridized carbons (Fsp3) is 0.250. The van der Waals surface area contributed by atoms with Crippen molar-refractivity contribution in [3.8, 4) is 0 Å². The maximum atomic E-state index is 12.5. The summed E-state index contributed by atoms with van der Waals surface area (Å²) in [6.45, 7) is 5.95. The van der Waals surface area contributed by atoms with Gasteiger partial charge >= 0.3 is 0 Å². The molecule has 1 N–H and O–H groups in total. The lowest BCUT2D eigenvalue weighted by Crippen LogP contribution is -2.31. The normalized spacial score (nSPS) is 10.3. The first kappa shape index (κ1) is 14.1. The number of carbonyl (C=O) groups is 2.